The highest BCUT2D eigenvalue weighted by atomic mass is 31.2. The Labute approximate surface area is 153 Å². The predicted molar refractivity (Wildman–Crippen MR) is 98.0 cm³/mol. The van der Waals surface area contributed by atoms with Crippen molar-refractivity contribution in [3.05, 3.63) is 35.6 Å². The third kappa shape index (κ3) is 4.58. The molecule has 0 aliphatic rings. The van der Waals surface area contributed by atoms with Crippen LogP contribution >= 0.6 is 7.60 Å². The molecule has 0 aliphatic heterocycles. The second kappa shape index (κ2) is 9.07. The van der Waals surface area contributed by atoms with Crippen LogP contribution in [-0.2, 0) is 13.6 Å². The number of rotatable bonds is 10. The zero-order valence-electron chi connectivity index (χ0n) is 15.4. The summed E-state index contributed by atoms with van der Waals surface area (Å²) in [5.74, 6) is 0.852. The first-order chi connectivity index (χ1) is 12.4. The van der Waals surface area contributed by atoms with E-state index in [1.807, 2.05) is 0 Å². The minimum atomic E-state index is -3.49. The molecule has 1 aromatic carbocycles. The Morgan fingerprint density at radius 1 is 1.31 bits per heavy atom. The largest absolute Gasteiger partial charge is 0.504 e. The van der Waals surface area contributed by atoms with Gasteiger partial charge >= 0.3 is 7.60 Å². The van der Waals surface area contributed by atoms with E-state index in [1.165, 1.54) is 13.4 Å². The minimum absolute atomic E-state index is 0.0436. The fourth-order valence-electron chi connectivity index (χ4n) is 2.62. The maximum absolute atomic E-state index is 13.4. The molecule has 1 heterocycles. The van der Waals surface area contributed by atoms with Crippen LogP contribution in [0.4, 0.5) is 5.82 Å². The van der Waals surface area contributed by atoms with Crippen LogP contribution < -0.4 is 10.1 Å². The first-order valence-electron chi connectivity index (χ1n) is 8.35. The molecule has 144 valence electrons. The molecule has 1 unspecified atom stereocenters. The van der Waals surface area contributed by atoms with Crippen molar-refractivity contribution >= 4 is 13.4 Å². The quantitative estimate of drug-likeness (QED) is 0.590. The van der Waals surface area contributed by atoms with Gasteiger partial charge < -0.3 is 28.7 Å². The second-order valence-corrected chi connectivity index (χ2v) is 7.76. The molecule has 8 nitrogen and oxygen atoms in total. The van der Waals surface area contributed by atoms with Gasteiger partial charge in [0.05, 0.1) is 20.3 Å². The Morgan fingerprint density at radius 2 is 2.00 bits per heavy atom. The standard InChI is InChI=1S/C17H25N2O6P/c1-5-24-26(21,25-6-2)15(11-18-16-7-8-23-19-16)13-9-12(3)17(20)14(10-13)22-4/h7-10,15,20H,5-6,11H2,1-4H3,(H,18,19). The van der Waals surface area contributed by atoms with Crippen LogP contribution in [0.25, 0.3) is 0 Å². The van der Waals surface area contributed by atoms with Crippen molar-refractivity contribution in [3.63, 3.8) is 0 Å². The molecule has 0 amide bonds. The van der Waals surface area contributed by atoms with E-state index in [-0.39, 0.29) is 25.5 Å². The highest BCUT2D eigenvalue weighted by molar-refractivity contribution is 7.54. The van der Waals surface area contributed by atoms with Crippen molar-refractivity contribution in [1.82, 2.24) is 5.16 Å². The third-order valence-electron chi connectivity index (χ3n) is 3.81. The molecule has 1 aromatic heterocycles. The van der Waals surface area contributed by atoms with Crippen LogP contribution in [0.15, 0.2) is 29.0 Å². The molecule has 0 bridgehead atoms. The van der Waals surface area contributed by atoms with Gasteiger partial charge in [-0.2, -0.15) is 0 Å². The molecule has 0 saturated heterocycles. The number of ether oxygens (including phenoxy) is 1. The lowest BCUT2D eigenvalue weighted by Crippen LogP contribution is -2.17. The van der Waals surface area contributed by atoms with Gasteiger partial charge in [0.1, 0.15) is 11.9 Å². The summed E-state index contributed by atoms with van der Waals surface area (Å²) in [6.07, 6.45) is 1.44. The number of phenols is 1. The molecule has 0 aliphatic carbocycles. The Hall–Kier alpha value is -2.02. The summed E-state index contributed by atoms with van der Waals surface area (Å²) in [4.78, 5) is 0. The molecule has 0 saturated carbocycles. The Kier molecular flexibility index (Phi) is 7.08. The summed E-state index contributed by atoms with van der Waals surface area (Å²) in [6, 6.07) is 5.05. The Morgan fingerprint density at radius 3 is 2.54 bits per heavy atom. The van der Waals surface area contributed by atoms with Gasteiger partial charge in [0.2, 0.25) is 0 Å². The second-order valence-electron chi connectivity index (χ2n) is 5.55. The van der Waals surface area contributed by atoms with E-state index in [2.05, 4.69) is 10.5 Å². The van der Waals surface area contributed by atoms with Gasteiger partial charge in [0.15, 0.2) is 17.3 Å². The topological polar surface area (TPSA) is 103 Å². The number of benzene rings is 1. The summed E-state index contributed by atoms with van der Waals surface area (Å²) in [5, 5.41) is 17.0. The normalized spacial score (nSPS) is 12.8. The molecule has 0 spiro atoms. The van der Waals surface area contributed by atoms with E-state index in [0.717, 1.165) is 0 Å². The summed E-state index contributed by atoms with van der Waals surface area (Å²) in [5.41, 5.74) is 0.635. The maximum Gasteiger partial charge on any atom is 0.339 e. The van der Waals surface area contributed by atoms with Gasteiger partial charge in [-0.05, 0) is 38.0 Å². The Bertz CT molecular complexity index is 740. The lowest BCUT2D eigenvalue weighted by Gasteiger charge is -2.27. The highest BCUT2D eigenvalue weighted by Crippen LogP contribution is 2.61. The van der Waals surface area contributed by atoms with Gasteiger partial charge in [-0.1, -0.05) is 11.2 Å². The van der Waals surface area contributed by atoms with Gasteiger partial charge in [-0.25, -0.2) is 0 Å². The fourth-order valence-corrected chi connectivity index (χ4v) is 4.60. The molecule has 26 heavy (non-hydrogen) atoms. The highest BCUT2D eigenvalue weighted by Gasteiger charge is 2.37. The molecular weight excluding hydrogens is 359 g/mol. The van der Waals surface area contributed by atoms with Gasteiger partial charge in [0, 0.05) is 12.6 Å². The number of hydrogen-bond acceptors (Lipinski definition) is 8. The van der Waals surface area contributed by atoms with Crippen LogP contribution in [0.5, 0.6) is 11.5 Å². The zero-order chi connectivity index (χ0) is 19.2. The van der Waals surface area contributed by atoms with Crippen LogP contribution in [0, 0.1) is 6.92 Å². The van der Waals surface area contributed by atoms with Crippen molar-refractivity contribution in [1.29, 1.82) is 0 Å². The average Bonchev–Trinajstić information content (AvgIpc) is 3.11. The van der Waals surface area contributed by atoms with Crippen LogP contribution in [0.2, 0.25) is 0 Å². The molecule has 2 rings (SSSR count). The Balaban J connectivity index is 2.44. The van der Waals surface area contributed by atoms with Gasteiger partial charge in [-0.3, -0.25) is 4.57 Å². The first-order valence-corrected chi connectivity index (χ1v) is 9.96. The number of methoxy groups -OCH3 is 1. The van der Waals surface area contributed by atoms with Crippen molar-refractivity contribution in [2.45, 2.75) is 26.4 Å². The smallest absolute Gasteiger partial charge is 0.339 e. The number of hydrogen-bond donors (Lipinski definition) is 2. The van der Waals surface area contributed by atoms with Crippen LogP contribution in [0.1, 0.15) is 30.6 Å². The maximum atomic E-state index is 13.4. The molecule has 2 aromatic rings. The molecule has 9 heteroatoms. The van der Waals surface area contributed by atoms with E-state index in [1.54, 1.807) is 39.0 Å². The first kappa shape index (κ1) is 20.3. The molecule has 2 N–H and O–H groups in total. The lowest BCUT2D eigenvalue weighted by molar-refractivity contribution is 0.212. The van der Waals surface area contributed by atoms with E-state index in [0.29, 0.717) is 22.7 Å². The summed E-state index contributed by atoms with van der Waals surface area (Å²) in [6.45, 7) is 5.98. The van der Waals surface area contributed by atoms with Crippen molar-refractivity contribution in [3.8, 4) is 11.5 Å². The molecule has 1 atom stereocenters. The number of anilines is 1. The summed E-state index contributed by atoms with van der Waals surface area (Å²) >= 11 is 0. The van der Waals surface area contributed by atoms with Crippen molar-refractivity contribution < 1.29 is 28.0 Å². The summed E-state index contributed by atoms with van der Waals surface area (Å²) < 4.78 is 34.6. The van der Waals surface area contributed by atoms with Gasteiger partial charge in [-0.15, -0.1) is 0 Å². The number of aryl methyl sites for hydroxylation is 1. The molecular formula is C17H25N2O6P. The van der Waals surface area contributed by atoms with Crippen molar-refractivity contribution in [2.24, 2.45) is 0 Å². The van der Waals surface area contributed by atoms with E-state index in [9.17, 15) is 9.67 Å². The van der Waals surface area contributed by atoms with E-state index in [4.69, 9.17) is 18.3 Å². The van der Waals surface area contributed by atoms with Crippen molar-refractivity contribution in [2.75, 3.05) is 32.2 Å². The lowest BCUT2D eigenvalue weighted by atomic mass is 10.1. The third-order valence-corrected chi connectivity index (χ3v) is 6.29. The predicted octanol–water partition coefficient (Wildman–Crippen LogP) is 4.12. The number of aromatic hydroxyl groups is 1. The van der Waals surface area contributed by atoms with Crippen LogP contribution in [-0.4, -0.2) is 37.1 Å². The van der Waals surface area contributed by atoms with E-state index >= 15 is 0 Å². The SMILES string of the molecule is CCOP(=O)(OCC)C(CNc1ccon1)c1cc(C)c(O)c(OC)c1. The molecule has 0 fully saturated rings. The molecule has 0 radical (unpaired) electrons. The minimum Gasteiger partial charge on any atom is -0.504 e. The number of nitrogens with one attached hydrogen (secondary N) is 1. The van der Waals surface area contributed by atoms with Crippen LogP contribution in [0.3, 0.4) is 0 Å². The fraction of sp³-hybridized carbons (Fsp3) is 0.471. The summed E-state index contributed by atoms with van der Waals surface area (Å²) in [7, 11) is -2.03. The van der Waals surface area contributed by atoms with Gasteiger partial charge in [0.25, 0.3) is 0 Å². The zero-order valence-corrected chi connectivity index (χ0v) is 16.3. The monoisotopic (exact) mass is 384 g/mol. The number of aromatic nitrogens is 1. The average molecular weight is 384 g/mol. The van der Waals surface area contributed by atoms with E-state index < -0.39 is 13.3 Å². The number of nitrogens with zero attached hydrogens (tertiary/aromatic N) is 1. The number of phenolic OH excluding ortho intramolecular Hbond substituents is 1.